The van der Waals surface area contributed by atoms with Gasteiger partial charge in [0.1, 0.15) is 13.2 Å². The number of carbonyl (C=O) groups excluding carboxylic acids is 3. The molecule has 1 atom stereocenters. The summed E-state index contributed by atoms with van der Waals surface area (Å²) >= 11 is 0. The van der Waals surface area contributed by atoms with Crippen molar-refractivity contribution in [3.8, 4) is 0 Å². The van der Waals surface area contributed by atoms with Gasteiger partial charge in [0.2, 0.25) is 0 Å². The van der Waals surface area contributed by atoms with Crippen LogP contribution in [0, 0.1) is 0 Å². The van der Waals surface area contributed by atoms with E-state index in [9.17, 15) is 14.4 Å². The first-order chi connectivity index (χ1) is 37.0. The molecule has 0 spiro atoms. The van der Waals surface area contributed by atoms with Crippen LogP contribution in [0.15, 0.2) is 122 Å². The zero-order chi connectivity index (χ0) is 54.3. The van der Waals surface area contributed by atoms with E-state index in [1.165, 1.54) is 83.5 Å². The third-order valence-electron chi connectivity index (χ3n) is 12.9. The van der Waals surface area contributed by atoms with Crippen molar-refractivity contribution < 1.29 is 28.6 Å². The molecule has 1 unspecified atom stereocenters. The number of unbranched alkanes of at least 4 members (excludes halogenated alkanes) is 24. The molecule has 0 heterocycles. The number of rotatable bonds is 55. The lowest BCUT2D eigenvalue weighted by Gasteiger charge is -2.18. The minimum absolute atomic E-state index is 0.0931. The van der Waals surface area contributed by atoms with Crippen molar-refractivity contribution in [2.75, 3.05) is 13.2 Å². The molecular formula is C69H114O6. The van der Waals surface area contributed by atoms with Crippen LogP contribution in [-0.4, -0.2) is 37.2 Å². The second kappa shape index (κ2) is 62.4. The van der Waals surface area contributed by atoms with Crippen LogP contribution in [0.4, 0.5) is 0 Å². The summed E-state index contributed by atoms with van der Waals surface area (Å²) in [6.45, 7) is 6.37. The van der Waals surface area contributed by atoms with Gasteiger partial charge in [0.05, 0.1) is 0 Å². The summed E-state index contributed by atoms with van der Waals surface area (Å²) in [7, 11) is 0. The van der Waals surface area contributed by atoms with Gasteiger partial charge in [-0.25, -0.2) is 0 Å². The molecule has 0 radical (unpaired) electrons. The van der Waals surface area contributed by atoms with Crippen molar-refractivity contribution in [3.63, 3.8) is 0 Å². The van der Waals surface area contributed by atoms with Crippen LogP contribution in [0.5, 0.6) is 0 Å². The molecule has 0 aromatic rings. The van der Waals surface area contributed by atoms with Gasteiger partial charge in [0.15, 0.2) is 6.10 Å². The van der Waals surface area contributed by atoms with Crippen LogP contribution in [0.25, 0.3) is 0 Å². The number of hydrogen-bond donors (Lipinski definition) is 0. The average molecular weight is 1040 g/mol. The lowest BCUT2D eigenvalue weighted by Crippen LogP contribution is -2.30. The second-order valence-corrected chi connectivity index (χ2v) is 20.2. The van der Waals surface area contributed by atoms with E-state index >= 15 is 0 Å². The summed E-state index contributed by atoms with van der Waals surface area (Å²) in [5.74, 6) is -0.925. The van der Waals surface area contributed by atoms with Gasteiger partial charge in [0, 0.05) is 19.3 Å². The molecule has 0 N–H and O–H groups in total. The molecule has 426 valence electrons. The highest BCUT2D eigenvalue weighted by Gasteiger charge is 2.19. The van der Waals surface area contributed by atoms with Crippen LogP contribution in [0.1, 0.15) is 278 Å². The summed E-state index contributed by atoms with van der Waals surface area (Å²) < 4.78 is 16.9. The highest BCUT2D eigenvalue weighted by Crippen LogP contribution is 2.15. The molecule has 0 aliphatic heterocycles. The number of ether oxygens (including phenoxy) is 3. The first kappa shape index (κ1) is 70.8. The molecule has 0 fully saturated rings. The fraction of sp³-hybridized carbons (Fsp3) is 0.667. The van der Waals surface area contributed by atoms with Crippen molar-refractivity contribution in [1.82, 2.24) is 0 Å². The Morgan fingerprint density at radius 1 is 0.280 bits per heavy atom. The zero-order valence-corrected chi connectivity index (χ0v) is 48.8. The van der Waals surface area contributed by atoms with Crippen molar-refractivity contribution >= 4 is 17.9 Å². The molecule has 6 heteroatoms. The highest BCUT2D eigenvalue weighted by molar-refractivity contribution is 5.71. The second-order valence-electron chi connectivity index (χ2n) is 20.2. The van der Waals surface area contributed by atoms with E-state index in [-0.39, 0.29) is 31.1 Å². The SMILES string of the molecule is CC/C=C\C/C=C\C/C=C\C/C=C\C/C=C\CCCCCCCCCCCCCC(=O)OCC(COC(=O)CCCCCCC/C=C\C/C=C\CCCCC)OC(=O)CCCCCCC/C=C\C/C=C\C/C=C\CC. The lowest BCUT2D eigenvalue weighted by atomic mass is 10.0. The fourth-order valence-corrected chi connectivity index (χ4v) is 8.34. The first-order valence-corrected chi connectivity index (χ1v) is 31.0. The van der Waals surface area contributed by atoms with Crippen LogP contribution in [0.3, 0.4) is 0 Å². The molecule has 0 bridgehead atoms. The molecule has 0 saturated carbocycles. The monoisotopic (exact) mass is 1040 g/mol. The molecule has 75 heavy (non-hydrogen) atoms. The molecule has 0 aromatic heterocycles. The number of hydrogen-bond acceptors (Lipinski definition) is 6. The molecule has 0 saturated heterocycles. The summed E-state index contributed by atoms with van der Waals surface area (Å²) in [5.41, 5.74) is 0. The van der Waals surface area contributed by atoms with Crippen LogP contribution in [-0.2, 0) is 28.6 Å². The predicted octanol–water partition coefficient (Wildman–Crippen LogP) is 21.2. The Bertz CT molecular complexity index is 1570. The molecule has 0 aliphatic carbocycles. The van der Waals surface area contributed by atoms with E-state index in [1.807, 2.05) is 0 Å². The van der Waals surface area contributed by atoms with Gasteiger partial charge >= 0.3 is 17.9 Å². The largest absolute Gasteiger partial charge is 0.462 e. The van der Waals surface area contributed by atoms with Crippen molar-refractivity contribution in [2.45, 2.75) is 284 Å². The third kappa shape index (κ3) is 60.6. The van der Waals surface area contributed by atoms with E-state index in [0.29, 0.717) is 19.3 Å². The van der Waals surface area contributed by atoms with Crippen molar-refractivity contribution in [3.05, 3.63) is 122 Å². The molecule has 6 nitrogen and oxygen atoms in total. The smallest absolute Gasteiger partial charge is 0.306 e. The van der Waals surface area contributed by atoms with Gasteiger partial charge in [-0.3, -0.25) is 14.4 Å². The maximum atomic E-state index is 12.9. The normalized spacial score (nSPS) is 12.9. The number of esters is 3. The maximum absolute atomic E-state index is 12.9. The van der Waals surface area contributed by atoms with Gasteiger partial charge in [-0.1, -0.05) is 251 Å². The summed E-state index contributed by atoms with van der Waals surface area (Å²) in [6, 6.07) is 0. The van der Waals surface area contributed by atoms with E-state index < -0.39 is 6.10 Å². The summed E-state index contributed by atoms with van der Waals surface area (Å²) in [6.07, 6.45) is 86.3. The Morgan fingerprint density at radius 3 is 0.813 bits per heavy atom. The Morgan fingerprint density at radius 2 is 0.520 bits per heavy atom. The Labute approximate surface area is 462 Å². The molecule has 0 aromatic carbocycles. The van der Waals surface area contributed by atoms with Crippen molar-refractivity contribution in [1.29, 1.82) is 0 Å². The Hall–Kier alpha value is -4.19. The highest BCUT2D eigenvalue weighted by atomic mass is 16.6. The maximum Gasteiger partial charge on any atom is 0.306 e. The van der Waals surface area contributed by atoms with E-state index in [1.54, 1.807) is 0 Å². The summed E-state index contributed by atoms with van der Waals surface area (Å²) in [5, 5.41) is 0. The Kier molecular flexibility index (Phi) is 58.9. The van der Waals surface area contributed by atoms with Gasteiger partial charge in [0.25, 0.3) is 0 Å². The Balaban J connectivity index is 4.34. The summed E-state index contributed by atoms with van der Waals surface area (Å²) in [4.78, 5) is 38.3. The quantitative estimate of drug-likeness (QED) is 0.0261. The van der Waals surface area contributed by atoms with E-state index in [4.69, 9.17) is 14.2 Å². The van der Waals surface area contributed by atoms with Gasteiger partial charge in [-0.05, 0) is 128 Å². The average Bonchev–Trinajstić information content (AvgIpc) is 3.41. The number of allylic oxidation sites excluding steroid dienone is 20. The first-order valence-electron chi connectivity index (χ1n) is 31.0. The minimum atomic E-state index is -0.798. The standard InChI is InChI=1S/C69H114O6/c1-4-7-10-13-16-19-22-25-28-29-30-31-32-33-34-35-36-37-38-39-42-44-47-50-53-56-59-62-68(71)74-65-66(75-69(72)63-60-57-54-51-48-45-41-27-24-21-18-15-12-9-6-3)64-73-67(70)61-58-55-52-49-46-43-40-26-23-20-17-14-11-8-5-2/h7,9-10,12,16-21,25-28,30-31,33-34,40-41,66H,4-6,8,11,13-15,22-24,29,32,35-39,42-65H2,1-3H3/b10-7-,12-9-,19-16-,20-17-,21-18-,28-25-,31-30-,34-33-,40-26-,41-27-. The van der Waals surface area contributed by atoms with E-state index in [2.05, 4.69) is 142 Å². The molecular weight excluding hydrogens is 925 g/mol. The predicted molar refractivity (Wildman–Crippen MR) is 325 cm³/mol. The molecule has 0 rings (SSSR count). The van der Waals surface area contributed by atoms with Crippen LogP contribution < -0.4 is 0 Å². The zero-order valence-electron chi connectivity index (χ0n) is 48.8. The topological polar surface area (TPSA) is 78.9 Å². The minimum Gasteiger partial charge on any atom is -0.462 e. The van der Waals surface area contributed by atoms with Gasteiger partial charge in [-0.15, -0.1) is 0 Å². The van der Waals surface area contributed by atoms with Gasteiger partial charge in [-0.2, -0.15) is 0 Å². The third-order valence-corrected chi connectivity index (χ3v) is 12.9. The van der Waals surface area contributed by atoms with Gasteiger partial charge < -0.3 is 14.2 Å². The molecule has 0 aliphatic rings. The van der Waals surface area contributed by atoms with E-state index in [0.717, 1.165) is 154 Å². The lowest BCUT2D eigenvalue weighted by molar-refractivity contribution is -0.167. The fourth-order valence-electron chi connectivity index (χ4n) is 8.34. The van der Waals surface area contributed by atoms with Crippen LogP contribution in [0.2, 0.25) is 0 Å². The van der Waals surface area contributed by atoms with Crippen molar-refractivity contribution in [2.24, 2.45) is 0 Å². The van der Waals surface area contributed by atoms with Crippen LogP contribution >= 0.6 is 0 Å². The molecule has 0 amide bonds. The number of carbonyl (C=O) groups is 3.